The lowest BCUT2D eigenvalue weighted by Crippen LogP contribution is -2.17. The van der Waals surface area contributed by atoms with Crippen LogP contribution in [-0.4, -0.2) is 17.1 Å². The number of aromatic nitrogens is 1. The lowest BCUT2D eigenvalue weighted by Gasteiger charge is -2.14. The largest absolute Gasteiger partial charge is 0.462 e. The molecule has 3 nitrogen and oxygen atoms in total. The number of nitrogens with one attached hydrogen (secondary N) is 1. The van der Waals surface area contributed by atoms with Crippen molar-refractivity contribution in [3.63, 3.8) is 0 Å². The second-order valence-corrected chi connectivity index (χ2v) is 5.45. The highest BCUT2D eigenvalue weighted by molar-refractivity contribution is 9.10. The maximum absolute atomic E-state index is 9.60. The molecule has 0 saturated heterocycles. The van der Waals surface area contributed by atoms with Gasteiger partial charge in [-0.15, -0.1) is 0 Å². The van der Waals surface area contributed by atoms with Crippen LogP contribution >= 0.6 is 15.9 Å². The van der Waals surface area contributed by atoms with Gasteiger partial charge in [-0.2, -0.15) is 0 Å². The highest BCUT2D eigenvalue weighted by Gasteiger charge is 2.07. The number of rotatable bonds is 1. The molecule has 0 saturated carbocycles. The van der Waals surface area contributed by atoms with E-state index in [2.05, 4.69) is 43.8 Å². The summed E-state index contributed by atoms with van der Waals surface area (Å²) in [5.41, 5.74) is 0.858. The van der Waals surface area contributed by atoms with E-state index in [-0.39, 0.29) is 5.60 Å². The molecule has 1 aromatic heterocycles. The Hall–Kier alpha value is -1.29. The molecule has 1 heterocycles. The Bertz CT molecular complexity index is 485. The van der Waals surface area contributed by atoms with Gasteiger partial charge in [-0.3, -0.25) is 4.79 Å². The molecular weight excluding hydrogens is 282 g/mol. The first-order valence-electron chi connectivity index (χ1n) is 5.26. The molecule has 0 aliphatic rings. The molecule has 0 amide bonds. The van der Waals surface area contributed by atoms with Crippen molar-refractivity contribution in [3.8, 4) is 0 Å². The predicted molar refractivity (Wildman–Crippen MR) is 72.9 cm³/mol. The van der Waals surface area contributed by atoms with Crippen molar-refractivity contribution in [2.24, 2.45) is 0 Å². The van der Waals surface area contributed by atoms with Gasteiger partial charge in [0.1, 0.15) is 5.60 Å². The molecule has 0 unspecified atom stereocenters. The molecule has 2 aromatic rings. The molecule has 1 aromatic carbocycles. The minimum Gasteiger partial charge on any atom is -0.462 e. The monoisotopic (exact) mass is 297 g/mol. The average molecular weight is 298 g/mol. The van der Waals surface area contributed by atoms with Gasteiger partial charge in [0.15, 0.2) is 0 Å². The molecule has 0 atom stereocenters. The number of hydrogen-bond acceptors (Lipinski definition) is 2. The van der Waals surface area contributed by atoms with Gasteiger partial charge < -0.3 is 9.72 Å². The van der Waals surface area contributed by atoms with Crippen LogP contribution in [0.4, 0.5) is 0 Å². The zero-order chi connectivity index (χ0) is 12.9. The van der Waals surface area contributed by atoms with Crippen LogP contribution in [-0.2, 0) is 9.53 Å². The van der Waals surface area contributed by atoms with E-state index in [1.54, 1.807) is 0 Å². The van der Waals surface area contributed by atoms with E-state index < -0.39 is 0 Å². The minimum absolute atomic E-state index is 0.318. The SMILES string of the molecule is Brc1ccc2cc[nH]c2c1.CC(C)(C)OC=O. The summed E-state index contributed by atoms with van der Waals surface area (Å²) in [4.78, 5) is 12.7. The number of H-pyrrole nitrogens is 1. The van der Waals surface area contributed by atoms with Gasteiger partial charge in [-0.05, 0) is 44.4 Å². The maximum Gasteiger partial charge on any atom is 0.293 e. The Labute approximate surface area is 109 Å². The molecular formula is C13H16BrNO2. The van der Waals surface area contributed by atoms with E-state index in [4.69, 9.17) is 0 Å². The summed E-state index contributed by atoms with van der Waals surface area (Å²) in [6.45, 7) is 5.92. The molecule has 17 heavy (non-hydrogen) atoms. The first-order valence-corrected chi connectivity index (χ1v) is 6.06. The Balaban J connectivity index is 0.000000185. The van der Waals surface area contributed by atoms with Crippen molar-refractivity contribution in [1.29, 1.82) is 0 Å². The van der Waals surface area contributed by atoms with Gasteiger partial charge in [0.05, 0.1) is 0 Å². The molecule has 4 heteroatoms. The summed E-state index contributed by atoms with van der Waals surface area (Å²) in [6.07, 6.45) is 1.94. The van der Waals surface area contributed by atoms with E-state index >= 15 is 0 Å². The lowest BCUT2D eigenvalue weighted by atomic mass is 10.2. The van der Waals surface area contributed by atoms with Crippen molar-refractivity contribution in [2.75, 3.05) is 0 Å². The van der Waals surface area contributed by atoms with Gasteiger partial charge in [0, 0.05) is 16.2 Å². The Morgan fingerprint density at radius 2 is 2.00 bits per heavy atom. The smallest absolute Gasteiger partial charge is 0.293 e. The van der Waals surface area contributed by atoms with Gasteiger partial charge >= 0.3 is 0 Å². The summed E-state index contributed by atoms with van der Waals surface area (Å²) in [5, 5.41) is 1.25. The normalized spacial score (nSPS) is 10.6. The number of fused-ring (bicyclic) bond motifs is 1. The topological polar surface area (TPSA) is 42.1 Å². The van der Waals surface area contributed by atoms with Crippen LogP contribution in [0.3, 0.4) is 0 Å². The van der Waals surface area contributed by atoms with Gasteiger partial charge in [0.2, 0.25) is 0 Å². The van der Waals surface area contributed by atoms with Crippen molar-refractivity contribution in [3.05, 3.63) is 34.9 Å². The molecule has 1 N–H and O–H groups in total. The van der Waals surface area contributed by atoms with E-state index in [9.17, 15) is 4.79 Å². The quantitative estimate of drug-likeness (QED) is 0.812. The Kier molecular flexibility index (Phi) is 4.75. The second-order valence-electron chi connectivity index (χ2n) is 4.54. The minimum atomic E-state index is -0.318. The molecule has 0 fully saturated rings. The van der Waals surface area contributed by atoms with Crippen molar-refractivity contribution in [2.45, 2.75) is 26.4 Å². The summed E-state index contributed by atoms with van der Waals surface area (Å²) < 4.78 is 5.66. The van der Waals surface area contributed by atoms with Crippen molar-refractivity contribution >= 4 is 33.3 Å². The number of halogens is 1. The number of aromatic amines is 1. The van der Waals surface area contributed by atoms with Gasteiger partial charge in [-0.25, -0.2) is 0 Å². The first kappa shape index (κ1) is 13.8. The van der Waals surface area contributed by atoms with Crippen LogP contribution in [0.5, 0.6) is 0 Å². The van der Waals surface area contributed by atoms with Gasteiger partial charge in [-0.1, -0.05) is 22.0 Å². The summed E-state index contributed by atoms with van der Waals surface area (Å²) in [6, 6.07) is 8.24. The number of carbonyl (C=O) groups is 1. The standard InChI is InChI=1S/C8H6BrN.C5H10O2/c9-7-2-1-6-3-4-10-8(6)5-7;1-5(2,3)7-4-6/h1-5,10H;4H,1-3H3. The zero-order valence-corrected chi connectivity index (χ0v) is 11.7. The molecule has 2 rings (SSSR count). The van der Waals surface area contributed by atoms with Crippen LogP contribution < -0.4 is 0 Å². The van der Waals surface area contributed by atoms with Crippen molar-refractivity contribution in [1.82, 2.24) is 4.98 Å². The summed E-state index contributed by atoms with van der Waals surface area (Å²) >= 11 is 3.40. The third kappa shape index (κ3) is 5.04. The third-order valence-corrected chi connectivity index (χ3v) is 2.41. The predicted octanol–water partition coefficient (Wildman–Crippen LogP) is 3.89. The molecule has 0 bridgehead atoms. The van der Waals surface area contributed by atoms with Crippen LogP contribution in [0, 0.1) is 0 Å². The van der Waals surface area contributed by atoms with E-state index in [0.717, 1.165) is 4.47 Å². The summed E-state index contributed by atoms with van der Waals surface area (Å²) in [5.74, 6) is 0. The fourth-order valence-electron chi connectivity index (χ4n) is 1.16. The number of carbonyl (C=O) groups excluding carboxylic acids is 1. The van der Waals surface area contributed by atoms with E-state index in [0.29, 0.717) is 6.47 Å². The fourth-order valence-corrected chi connectivity index (χ4v) is 1.53. The van der Waals surface area contributed by atoms with Crippen LogP contribution in [0.1, 0.15) is 20.8 Å². The second kappa shape index (κ2) is 5.87. The number of ether oxygens (including phenoxy) is 1. The third-order valence-electron chi connectivity index (χ3n) is 1.92. The highest BCUT2D eigenvalue weighted by Crippen LogP contribution is 2.17. The lowest BCUT2D eigenvalue weighted by molar-refractivity contribution is -0.138. The van der Waals surface area contributed by atoms with Crippen molar-refractivity contribution < 1.29 is 9.53 Å². The number of hydrogen-bond donors (Lipinski definition) is 1. The highest BCUT2D eigenvalue weighted by atomic mass is 79.9. The maximum atomic E-state index is 9.60. The first-order chi connectivity index (χ1) is 7.92. The fraction of sp³-hybridized carbons (Fsp3) is 0.308. The van der Waals surface area contributed by atoms with Crippen LogP contribution in [0.2, 0.25) is 0 Å². The zero-order valence-electron chi connectivity index (χ0n) is 10.2. The molecule has 0 aliphatic carbocycles. The van der Waals surface area contributed by atoms with E-state index in [1.165, 1.54) is 10.9 Å². The Morgan fingerprint density at radius 1 is 1.29 bits per heavy atom. The summed E-state index contributed by atoms with van der Waals surface area (Å²) in [7, 11) is 0. The van der Waals surface area contributed by atoms with Crippen LogP contribution in [0.15, 0.2) is 34.9 Å². The molecule has 0 radical (unpaired) electrons. The Morgan fingerprint density at radius 3 is 2.53 bits per heavy atom. The van der Waals surface area contributed by atoms with Crippen LogP contribution in [0.25, 0.3) is 10.9 Å². The average Bonchev–Trinajstić information content (AvgIpc) is 2.63. The molecule has 92 valence electrons. The van der Waals surface area contributed by atoms with Gasteiger partial charge in [0.25, 0.3) is 6.47 Å². The molecule has 0 spiro atoms. The van der Waals surface area contributed by atoms with E-state index in [1.807, 2.05) is 33.0 Å². The molecule has 0 aliphatic heterocycles. The number of benzene rings is 1.